The van der Waals surface area contributed by atoms with Gasteiger partial charge in [0.2, 0.25) is 0 Å². The van der Waals surface area contributed by atoms with Gasteiger partial charge in [0.15, 0.2) is 5.76 Å². The van der Waals surface area contributed by atoms with E-state index in [1.165, 1.54) is 36.6 Å². The second kappa shape index (κ2) is 8.05. The lowest BCUT2D eigenvalue weighted by Gasteiger charge is -2.11. The first-order valence-electron chi connectivity index (χ1n) is 8.16. The zero-order valence-electron chi connectivity index (χ0n) is 14.6. The van der Waals surface area contributed by atoms with Gasteiger partial charge < -0.3 is 19.0 Å². The summed E-state index contributed by atoms with van der Waals surface area (Å²) in [5, 5.41) is 2.54. The Hall–Kier alpha value is -3.82. The van der Waals surface area contributed by atoms with Gasteiger partial charge in [-0.1, -0.05) is 6.07 Å². The minimum Gasteiger partial charge on any atom is -0.459 e. The van der Waals surface area contributed by atoms with Crippen LogP contribution in [0.1, 0.15) is 16.1 Å². The SMILES string of the molecule is O=C(Cn1cccc(C(F)(F)F)c1=O)Oc1cccc(NC(=O)c2ccco2)c1. The number of nitrogens with one attached hydrogen (secondary N) is 1. The number of benzene rings is 1. The van der Waals surface area contributed by atoms with Crippen molar-refractivity contribution < 1.29 is 31.9 Å². The van der Waals surface area contributed by atoms with E-state index in [-0.39, 0.29) is 11.5 Å². The number of ether oxygens (including phenoxy) is 1. The van der Waals surface area contributed by atoms with E-state index >= 15 is 0 Å². The molecule has 0 saturated heterocycles. The smallest absolute Gasteiger partial charge is 0.421 e. The van der Waals surface area contributed by atoms with Crippen molar-refractivity contribution in [3.8, 4) is 5.75 Å². The molecule has 0 atom stereocenters. The van der Waals surface area contributed by atoms with Gasteiger partial charge in [-0.05, 0) is 36.4 Å². The summed E-state index contributed by atoms with van der Waals surface area (Å²) in [5.74, 6) is -1.36. The Labute approximate surface area is 161 Å². The van der Waals surface area contributed by atoms with Crippen molar-refractivity contribution in [3.63, 3.8) is 0 Å². The van der Waals surface area contributed by atoms with Gasteiger partial charge in [0.25, 0.3) is 11.5 Å². The lowest BCUT2D eigenvalue weighted by molar-refractivity contribution is -0.140. The van der Waals surface area contributed by atoms with Gasteiger partial charge in [0, 0.05) is 18.0 Å². The molecule has 0 spiro atoms. The van der Waals surface area contributed by atoms with Crippen LogP contribution < -0.4 is 15.6 Å². The molecule has 1 N–H and O–H groups in total. The molecular formula is C19H13F3N2O5. The summed E-state index contributed by atoms with van der Waals surface area (Å²) in [7, 11) is 0. The number of esters is 1. The molecule has 0 unspecified atom stereocenters. The predicted molar refractivity (Wildman–Crippen MR) is 94.4 cm³/mol. The second-order valence-electron chi connectivity index (χ2n) is 5.79. The molecule has 0 bridgehead atoms. The maximum atomic E-state index is 12.8. The topological polar surface area (TPSA) is 90.5 Å². The third-order valence-electron chi connectivity index (χ3n) is 3.69. The molecular weight excluding hydrogens is 393 g/mol. The first-order valence-corrected chi connectivity index (χ1v) is 8.16. The average molecular weight is 406 g/mol. The Morgan fingerprint density at radius 2 is 1.90 bits per heavy atom. The van der Waals surface area contributed by atoms with Crippen LogP contribution in [0.25, 0.3) is 0 Å². The van der Waals surface area contributed by atoms with Crippen molar-refractivity contribution >= 4 is 17.6 Å². The van der Waals surface area contributed by atoms with Crippen LogP contribution in [0, 0.1) is 0 Å². The first kappa shape index (κ1) is 19.9. The average Bonchev–Trinajstić information content (AvgIpc) is 3.17. The summed E-state index contributed by atoms with van der Waals surface area (Å²) in [6, 6.07) is 10.4. The molecule has 0 aliphatic carbocycles. The third-order valence-corrected chi connectivity index (χ3v) is 3.69. The summed E-state index contributed by atoms with van der Waals surface area (Å²) in [6.45, 7) is -0.717. The highest BCUT2D eigenvalue weighted by Crippen LogP contribution is 2.26. The number of rotatable bonds is 5. The van der Waals surface area contributed by atoms with E-state index in [1.54, 1.807) is 6.07 Å². The molecule has 3 aromatic rings. The summed E-state index contributed by atoms with van der Waals surface area (Å²) < 4.78 is 49.0. The normalized spacial score (nSPS) is 11.1. The third kappa shape index (κ3) is 4.92. The van der Waals surface area contributed by atoms with Crippen LogP contribution in [-0.4, -0.2) is 16.4 Å². The van der Waals surface area contributed by atoms with E-state index in [1.807, 2.05) is 0 Å². The highest BCUT2D eigenvalue weighted by Gasteiger charge is 2.34. The van der Waals surface area contributed by atoms with Crippen LogP contribution in [0.5, 0.6) is 5.75 Å². The van der Waals surface area contributed by atoms with Crippen LogP contribution in [0.2, 0.25) is 0 Å². The Kier molecular flexibility index (Phi) is 5.53. The number of nitrogens with zero attached hydrogens (tertiary/aromatic N) is 1. The van der Waals surface area contributed by atoms with Gasteiger partial charge >= 0.3 is 12.1 Å². The molecule has 10 heteroatoms. The Morgan fingerprint density at radius 1 is 1.10 bits per heavy atom. The van der Waals surface area contributed by atoms with Gasteiger partial charge in [-0.2, -0.15) is 13.2 Å². The summed E-state index contributed by atoms with van der Waals surface area (Å²) in [6.07, 6.45) is -2.44. The fourth-order valence-corrected chi connectivity index (χ4v) is 2.42. The number of furan rings is 1. The largest absolute Gasteiger partial charge is 0.459 e. The standard InChI is InChI=1S/C19H13F3N2O5/c20-19(21,22)14-6-2-8-24(18(14)27)11-16(25)29-13-5-1-4-12(10-13)23-17(26)15-7-3-9-28-15/h1-10H,11H2,(H,23,26). The number of carbonyl (C=O) groups excluding carboxylic acids is 2. The zero-order valence-corrected chi connectivity index (χ0v) is 14.6. The number of aromatic nitrogens is 1. The van der Waals surface area contributed by atoms with Crippen molar-refractivity contribution in [1.82, 2.24) is 4.57 Å². The number of alkyl halides is 3. The molecule has 7 nitrogen and oxygen atoms in total. The number of halogens is 3. The Balaban J connectivity index is 1.69. The van der Waals surface area contributed by atoms with E-state index in [4.69, 9.17) is 9.15 Å². The number of anilines is 1. The first-order chi connectivity index (χ1) is 13.7. The van der Waals surface area contributed by atoms with E-state index in [9.17, 15) is 27.6 Å². The second-order valence-corrected chi connectivity index (χ2v) is 5.79. The van der Waals surface area contributed by atoms with Gasteiger partial charge in [-0.15, -0.1) is 0 Å². The minimum atomic E-state index is -4.83. The van der Waals surface area contributed by atoms with Crippen molar-refractivity contribution in [2.45, 2.75) is 12.7 Å². The Bertz CT molecular complexity index is 1090. The monoisotopic (exact) mass is 406 g/mol. The number of hydrogen-bond acceptors (Lipinski definition) is 5. The van der Waals surface area contributed by atoms with Crippen molar-refractivity contribution in [2.24, 2.45) is 0 Å². The lowest BCUT2D eigenvalue weighted by Crippen LogP contribution is -2.31. The quantitative estimate of drug-likeness (QED) is 0.519. The molecule has 0 saturated carbocycles. The molecule has 150 valence electrons. The molecule has 0 aliphatic heterocycles. The van der Waals surface area contributed by atoms with Crippen molar-refractivity contribution in [2.75, 3.05) is 5.32 Å². The minimum absolute atomic E-state index is 0.0345. The van der Waals surface area contributed by atoms with E-state index in [0.29, 0.717) is 16.3 Å². The van der Waals surface area contributed by atoms with Crippen molar-refractivity contribution in [3.05, 3.63) is 82.7 Å². The van der Waals surface area contributed by atoms with Gasteiger partial charge in [0.05, 0.1) is 6.26 Å². The molecule has 2 aromatic heterocycles. The van der Waals surface area contributed by atoms with Crippen LogP contribution in [-0.2, 0) is 17.5 Å². The number of amides is 1. The molecule has 0 radical (unpaired) electrons. The van der Waals surface area contributed by atoms with Crippen LogP contribution in [0.3, 0.4) is 0 Å². The predicted octanol–water partition coefficient (Wildman–Crippen LogP) is 3.32. The van der Waals surface area contributed by atoms with Gasteiger partial charge in [-0.3, -0.25) is 9.59 Å². The highest BCUT2D eigenvalue weighted by molar-refractivity contribution is 6.02. The summed E-state index contributed by atoms with van der Waals surface area (Å²) >= 11 is 0. The molecule has 0 fully saturated rings. The zero-order chi connectivity index (χ0) is 21.0. The highest BCUT2D eigenvalue weighted by atomic mass is 19.4. The van der Waals surface area contributed by atoms with Crippen LogP contribution in [0.4, 0.5) is 18.9 Å². The number of pyridine rings is 1. The van der Waals surface area contributed by atoms with Gasteiger partial charge in [0.1, 0.15) is 17.9 Å². The van der Waals surface area contributed by atoms with Crippen LogP contribution in [0.15, 0.2) is 70.2 Å². The maximum Gasteiger partial charge on any atom is 0.421 e. The summed E-state index contributed by atoms with van der Waals surface area (Å²) in [5.41, 5.74) is -2.43. The molecule has 1 aromatic carbocycles. The van der Waals surface area contributed by atoms with E-state index < -0.39 is 35.7 Å². The fourth-order valence-electron chi connectivity index (χ4n) is 2.42. The fraction of sp³-hybridized carbons (Fsp3) is 0.105. The molecule has 3 rings (SSSR count). The maximum absolute atomic E-state index is 12.8. The molecule has 2 heterocycles. The van der Waals surface area contributed by atoms with E-state index in [0.717, 1.165) is 12.3 Å². The van der Waals surface area contributed by atoms with Crippen molar-refractivity contribution in [1.29, 1.82) is 0 Å². The molecule has 29 heavy (non-hydrogen) atoms. The van der Waals surface area contributed by atoms with E-state index in [2.05, 4.69) is 5.32 Å². The van der Waals surface area contributed by atoms with Gasteiger partial charge in [-0.25, -0.2) is 4.79 Å². The molecule has 1 amide bonds. The summed E-state index contributed by atoms with van der Waals surface area (Å²) in [4.78, 5) is 35.9. The van der Waals surface area contributed by atoms with Crippen LogP contribution >= 0.6 is 0 Å². The Morgan fingerprint density at radius 3 is 2.59 bits per heavy atom. The lowest BCUT2D eigenvalue weighted by atomic mass is 10.2. The number of carbonyl (C=O) groups is 2. The number of hydrogen-bond donors (Lipinski definition) is 1. The molecule has 0 aliphatic rings.